The predicted octanol–water partition coefficient (Wildman–Crippen LogP) is 2.79. The summed E-state index contributed by atoms with van der Waals surface area (Å²) in [4.78, 5) is 22.9. The number of benzene rings is 1. The lowest BCUT2D eigenvalue weighted by atomic mass is 10.2. The van der Waals surface area contributed by atoms with Crippen LogP contribution in [0.1, 0.15) is 20.3 Å². The quantitative estimate of drug-likeness (QED) is 0.889. The van der Waals surface area contributed by atoms with Crippen LogP contribution in [-0.4, -0.2) is 11.8 Å². The van der Waals surface area contributed by atoms with E-state index in [0.717, 1.165) is 0 Å². The molecule has 0 atom stereocenters. The first kappa shape index (κ1) is 15.0. The Morgan fingerprint density at radius 2 is 2.05 bits per heavy atom. The van der Waals surface area contributed by atoms with E-state index in [0.29, 0.717) is 16.4 Å². The Labute approximate surface area is 116 Å². The number of nitriles is 1. The summed E-state index contributed by atoms with van der Waals surface area (Å²) in [5, 5.41) is 14.0. The second-order valence-corrected chi connectivity index (χ2v) is 4.63. The van der Waals surface area contributed by atoms with Crippen molar-refractivity contribution in [3.63, 3.8) is 0 Å². The molecule has 1 aromatic carbocycles. The van der Waals surface area contributed by atoms with Gasteiger partial charge in [0.15, 0.2) is 0 Å². The van der Waals surface area contributed by atoms with Crippen LogP contribution >= 0.6 is 11.6 Å². The van der Waals surface area contributed by atoms with Gasteiger partial charge in [-0.2, -0.15) is 5.26 Å². The molecule has 2 N–H and O–H groups in total. The number of nitrogens with one attached hydrogen (secondary N) is 2. The lowest BCUT2D eigenvalue weighted by molar-refractivity contribution is -0.119. The molecule has 0 heterocycles. The Balaban J connectivity index is 2.86. The van der Waals surface area contributed by atoms with E-state index < -0.39 is 5.91 Å². The van der Waals surface area contributed by atoms with E-state index in [4.69, 9.17) is 16.9 Å². The highest BCUT2D eigenvalue weighted by Crippen LogP contribution is 2.26. The molecule has 100 valence electrons. The van der Waals surface area contributed by atoms with Gasteiger partial charge < -0.3 is 10.6 Å². The van der Waals surface area contributed by atoms with Gasteiger partial charge in [-0.25, -0.2) is 0 Å². The van der Waals surface area contributed by atoms with Crippen molar-refractivity contribution in [2.45, 2.75) is 20.3 Å². The van der Waals surface area contributed by atoms with Crippen molar-refractivity contribution in [3.8, 4) is 6.07 Å². The molecule has 5 nitrogen and oxygen atoms in total. The second-order valence-electron chi connectivity index (χ2n) is 4.22. The lowest BCUT2D eigenvalue weighted by Crippen LogP contribution is -2.18. The molecule has 0 aliphatic heterocycles. The first-order chi connectivity index (χ1) is 8.93. The Hall–Kier alpha value is -2.06. The van der Waals surface area contributed by atoms with Crippen LogP contribution in [0.2, 0.25) is 5.02 Å². The van der Waals surface area contributed by atoms with Crippen molar-refractivity contribution < 1.29 is 9.59 Å². The zero-order valence-corrected chi connectivity index (χ0v) is 11.4. The van der Waals surface area contributed by atoms with Gasteiger partial charge in [-0.15, -0.1) is 0 Å². The molecule has 0 aromatic heterocycles. The number of anilines is 2. The molecular weight excluding hydrogens is 266 g/mol. The average molecular weight is 280 g/mol. The first-order valence-electron chi connectivity index (χ1n) is 5.71. The van der Waals surface area contributed by atoms with Gasteiger partial charge in [0.25, 0.3) is 0 Å². The number of hydrogen-bond acceptors (Lipinski definition) is 3. The van der Waals surface area contributed by atoms with Crippen LogP contribution < -0.4 is 10.6 Å². The number of hydrogen-bond donors (Lipinski definition) is 2. The van der Waals surface area contributed by atoms with Crippen molar-refractivity contribution >= 4 is 34.8 Å². The number of amides is 2. The van der Waals surface area contributed by atoms with Gasteiger partial charge >= 0.3 is 0 Å². The zero-order chi connectivity index (χ0) is 14.4. The molecule has 0 saturated carbocycles. The molecule has 0 fully saturated rings. The molecule has 0 radical (unpaired) electrons. The third-order valence-electron chi connectivity index (χ3n) is 2.27. The fraction of sp³-hybridized carbons (Fsp3) is 0.308. The molecule has 6 heteroatoms. The van der Waals surface area contributed by atoms with Crippen molar-refractivity contribution in [1.29, 1.82) is 5.26 Å². The molecule has 1 aromatic rings. The predicted molar refractivity (Wildman–Crippen MR) is 73.8 cm³/mol. The highest BCUT2D eigenvalue weighted by Gasteiger charge is 2.10. The molecule has 0 aliphatic carbocycles. The molecule has 2 amide bonds. The zero-order valence-electron chi connectivity index (χ0n) is 10.7. The molecule has 1 rings (SSSR count). The van der Waals surface area contributed by atoms with Gasteiger partial charge in [-0.3, -0.25) is 9.59 Å². The van der Waals surface area contributed by atoms with Crippen molar-refractivity contribution in [3.05, 3.63) is 23.2 Å². The van der Waals surface area contributed by atoms with E-state index in [1.165, 1.54) is 0 Å². The summed E-state index contributed by atoms with van der Waals surface area (Å²) in [5.74, 6) is -0.722. The van der Waals surface area contributed by atoms with Crippen LogP contribution in [0.5, 0.6) is 0 Å². The van der Waals surface area contributed by atoms with Crippen LogP contribution in [0.3, 0.4) is 0 Å². The normalized spacial score (nSPS) is 9.84. The maximum absolute atomic E-state index is 11.6. The monoisotopic (exact) mass is 279 g/mol. The van der Waals surface area contributed by atoms with Gasteiger partial charge in [0.05, 0.1) is 16.8 Å². The highest BCUT2D eigenvalue weighted by atomic mass is 35.5. The summed E-state index contributed by atoms with van der Waals surface area (Å²) < 4.78 is 0. The van der Waals surface area contributed by atoms with Gasteiger partial charge in [-0.1, -0.05) is 25.4 Å². The third kappa shape index (κ3) is 4.60. The maximum Gasteiger partial charge on any atom is 0.238 e. The fourth-order valence-electron chi connectivity index (χ4n) is 1.25. The van der Waals surface area contributed by atoms with E-state index >= 15 is 0 Å². The minimum Gasteiger partial charge on any atom is -0.326 e. The summed E-state index contributed by atoms with van der Waals surface area (Å²) in [5.41, 5.74) is 0.902. The minimum atomic E-state index is -0.447. The Morgan fingerprint density at radius 1 is 1.37 bits per heavy atom. The van der Waals surface area contributed by atoms with Crippen LogP contribution in [0.4, 0.5) is 11.4 Å². The van der Waals surface area contributed by atoms with E-state index in [1.54, 1.807) is 38.1 Å². The van der Waals surface area contributed by atoms with Crippen LogP contribution in [0, 0.1) is 17.2 Å². The largest absolute Gasteiger partial charge is 0.326 e. The molecule has 0 spiro atoms. The average Bonchev–Trinajstić information content (AvgIpc) is 2.33. The summed E-state index contributed by atoms with van der Waals surface area (Å²) in [7, 11) is 0. The van der Waals surface area contributed by atoms with Gasteiger partial charge in [-0.05, 0) is 18.2 Å². The Morgan fingerprint density at radius 3 is 2.63 bits per heavy atom. The molecule has 0 bridgehead atoms. The summed E-state index contributed by atoms with van der Waals surface area (Å²) >= 11 is 5.93. The number of rotatable bonds is 4. The van der Waals surface area contributed by atoms with Gasteiger partial charge in [0.2, 0.25) is 11.8 Å². The Bertz CT molecular complexity index is 535. The van der Waals surface area contributed by atoms with Crippen molar-refractivity contribution in [2.24, 2.45) is 5.92 Å². The van der Waals surface area contributed by atoms with E-state index in [1.807, 2.05) is 0 Å². The summed E-state index contributed by atoms with van der Waals surface area (Å²) in [6.45, 7) is 3.56. The lowest BCUT2D eigenvalue weighted by Gasteiger charge is -2.11. The molecule has 0 unspecified atom stereocenters. The molecule has 0 saturated heterocycles. The number of nitrogens with zero attached hydrogens (tertiary/aromatic N) is 1. The minimum absolute atomic E-state index is 0.128. The van der Waals surface area contributed by atoms with E-state index in [-0.39, 0.29) is 18.2 Å². The summed E-state index contributed by atoms with van der Waals surface area (Å²) in [6.07, 6.45) is -0.251. The van der Waals surface area contributed by atoms with E-state index in [9.17, 15) is 9.59 Å². The van der Waals surface area contributed by atoms with E-state index in [2.05, 4.69) is 10.6 Å². The number of halogens is 1. The third-order valence-corrected chi connectivity index (χ3v) is 2.60. The van der Waals surface area contributed by atoms with Crippen LogP contribution in [0.15, 0.2) is 18.2 Å². The second kappa shape index (κ2) is 6.76. The molecule has 0 aliphatic rings. The van der Waals surface area contributed by atoms with Gasteiger partial charge in [0, 0.05) is 11.6 Å². The highest BCUT2D eigenvalue weighted by molar-refractivity contribution is 6.33. The van der Waals surface area contributed by atoms with Crippen LogP contribution in [0.25, 0.3) is 0 Å². The van der Waals surface area contributed by atoms with Crippen molar-refractivity contribution in [2.75, 3.05) is 10.6 Å². The van der Waals surface area contributed by atoms with Crippen molar-refractivity contribution in [1.82, 2.24) is 0 Å². The molecule has 19 heavy (non-hydrogen) atoms. The van der Waals surface area contributed by atoms with Crippen LogP contribution in [-0.2, 0) is 9.59 Å². The smallest absolute Gasteiger partial charge is 0.238 e. The summed E-state index contributed by atoms with van der Waals surface area (Å²) in [6, 6.07) is 6.51. The first-order valence-corrected chi connectivity index (χ1v) is 6.09. The fourth-order valence-corrected chi connectivity index (χ4v) is 1.42. The topological polar surface area (TPSA) is 82.0 Å². The Kier molecular flexibility index (Phi) is 5.34. The maximum atomic E-state index is 11.6. The van der Waals surface area contributed by atoms with Gasteiger partial charge in [0.1, 0.15) is 6.42 Å². The number of carbonyl (C=O) groups excluding carboxylic acids is 2. The standard InChI is InChI=1S/C13H14ClN3O2/c1-8(2)13(19)16-9-3-4-10(14)11(7-9)17-12(18)5-6-15/h3-4,7-8H,5H2,1-2H3,(H,16,19)(H,17,18). The SMILES string of the molecule is CC(C)C(=O)Nc1ccc(Cl)c(NC(=O)CC#N)c1. The number of carbonyl (C=O) groups is 2. The molecular formula is C13H14ClN3O2.